The molecule has 1 rings (SSSR count). The van der Waals surface area contributed by atoms with Crippen molar-refractivity contribution in [2.24, 2.45) is 0 Å². The fraction of sp³-hybridized carbons (Fsp3) is 1.00. The fourth-order valence-corrected chi connectivity index (χ4v) is 1.29. The van der Waals surface area contributed by atoms with Gasteiger partial charge < -0.3 is 5.11 Å². The maximum atomic E-state index is 8.97. The van der Waals surface area contributed by atoms with Gasteiger partial charge in [-0.1, -0.05) is 0 Å². The van der Waals surface area contributed by atoms with Crippen LogP contribution in [0.25, 0.3) is 0 Å². The fourth-order valence-electron chi connectivity index (χ4n) is 1.04. The lowest BCUT2D eigenvalue weighted by molar-refractivity contribution is 0.131. The summed E-state index contributed by atoms with van der Waals surface area (Å²) in [4.78, 5) is 0. The van der Waals surface area contributed by atoms with E-state index in [2.05, 4.69) is 0 Å². The van der Waals surface area contributed by atoms with Gasteiger partial charge in [-0.05, 0) is 25.7 Å². The van der Waals surface area contributed by atoms with Gasteiger partial charge in [0, 0.05) is 5.38 Å². The van der Waals surface area contributed by atoms with Crippen LogP contribution in [-0.2, 0) is 0 Å². The zero-order valence-electron chi connectivity index (χ0n) is 4.81. The van der Waals surface area contributed by atoms with Gasteiger partial charge in [0.25, 0.3) is 0 Å². The van der Waals surface area contributed by atoms with Crippen LogP contribution in [0.2, 0.25) is 0 Å². The molecule has 0 saturated heterocycles. The van der Waals surface area contributed by atoms with E-state index < -0.39 is 0 Å². The van der Waals surface area contributed by atoms with Crippen LogP contribution >= 0.6 is 11.6 Å². The van der Waals surface area contributed by atoms with Crippen molar-refractivity contribution in [2.45, 2.75) is 37.2 Å². The van der Waals surface area contributed by atoms with Gasteiger partial charge in [-0.15, -0.1) is 11.6 Å². The van der Waals surface area contributed by atoms with Gasteiger partial charge in [0.15, 0.2) is 0 Å². The van der Waals surface area contributed by atoms with E-state index in [1.165, 1.54) is 0 Å². The van der Waals surface area contributed by atoms with Gasteiger partial charge in [-0.3, -0.25) is 0 Å². The highest BCUT2D eigenvalue weighted by molar-refractivity contribution is 6.20. The standard InChI is InChI=1S/C6H11ClO/c7-5-1-3-6(8)4-2-5/h5-6,8H,1-4H2/t5-,6+. The second-order valence-corrected chi connectivity index (χ2v) is 3.02. The van der Waals surface area contributed by atoms with Crippen molar-refractivity contribution < 1.29 is 5.11 Å². The lowest BCUT2D eigenvalue weighted by Crippen LogP contribution is -2.17. The average Bonchev–Trinajstić information content (AvgIpc) is 1.77. The number of aliphatic hydroxyl groups excluding tert-OH is 1. The molecule has 0 heterocycles. The molecule has 0 radical (unpaired) electrons. The smallest absolute Gasteiger partial charge is 0.0541 e. The molecule has 1 saturated carbocycles. The number of hydrogen-bond donors (Lipinski definition) is 1. The summed E-state index contributed by atoms with van der Waals surface area (Å²) in [6.07, 6.45) is 3.71. The Hall–Kier alpha value is 0.250. The van der Waals surface area contributed by atoms with Gasteiger partial charge in [0.2, 0.25) is 0 Å². The van der Waals surface area contributed by atoms with Crippen molar-refractivity contribution >= 4 is 11.6 Å². The second-order valence-electron chi connectivity index (χ2n) is 2.41. The van der Waals surface area contributed by atoms with Crippen LogP contribution in [0.1, 0.15) is 25.7 Å². The van der Waals surface area contributed by atoms with Crippen LogP contribution in [0.5, 0.6) is 0 Å². The molecule has 0 bridgehead atoms. The lowest BCUT2D eigenvalue weighted by Gasteiger charge is -2.19. The van der Waals surface area contributed by atoms with Gasteiger partial charge in [0.1, 0.15) is 0 Å². The Labute approximate surface area is 54.7 Å². The minimum Gasteiger partial charge on any atom is -0.393 e. The van der Waals surface area contributed by atoms with Gasteiger partial charge >= 0.3 is 0 Å². The summed E-state index contributed by atoms with van der Waals surface area (Å²) in [6.45, 7) is 0. The first-order chi connectivity index (χ1) is 3.79. The number of aliphatic hydroxyl groups is 1. The Bertz CT molecular complexity index is 56.9. The molecule has 0 unspecified atom stereocenters. The van der Waals surface area contributed by atoms with E-state index in [1.807, 2.05) is 0 Å². The Morgan fingerprint density at radius 1 is 1.12 bits per heavy atom. The summed E-state index contributed by atoms with van der Waals surface area (Å²) in [5.41, 5.74) is 0. The van der Waals surface area contributed by atoms with Crippen molar-refractivity contribution in [2.75, 3.05) is 0 Å². The minimum atomic E-state index is -0.0648. The molecule has 0 atom stereocenters. The number of hydrogen-bond acceptors (Lipinski definition) is 1. The molecular formula is C6H11ClO. The zero-order valence-corrected chi connectivity index (χ0v) is 5.56. The highest BCUT2D eigenvalue weighted by Gasteiger charge is 2.16. The normalized spacial score (nSPS) is 39.8. The monoisotopic (exact) mass is 134 g/mol. The lowest BCUT2D eigenvalue weighted by atomic mass is 9.98. The predicted octanol–water partition coefficient (Wildman–Crippen LogP) is 1.53. The summed E-state index contributed by atoms with van der Waals surface area (Å²) < 4.78 is 0. The van der Waals surface area contributed by atoms with Crippen molar-refractivity contribution in [3.05, 3.63) is 0 Å². The summed E-state index contributed by atoms with van der Waals surface area (Å²) in [5, 5.41) is 9.30. The van der Waals surface area contributed by atoms with Crippen LogP contribution in [0.4, 0.5) is 0 Å². The minimum absolute atomic E-state index is 0.0648. The SMILES string of the molecule is O[C@H]1CC[C@@H](Cl)CC1. The summed E-state index contributed by atoms with van der Waals surface area (Å²) in [5.74, 6) is 0. The third-order valence-corrected chi connectivity index (χ3v) is 2.06. The van der Waals surface area contributed by atoms with Crippen LogP contribution in [0.3, 0.4) is 0 Å². The molecule has 0 aromatic heterocycles. The Balaban J connectivity index is 2.19. The molecule has 0 spiro atoms. The second kappa shape index (κ2) is 2.70. The first kappa shape index (κ1) is 6.37. The maximum absolute atomic E-state index is 8.97. The molecule has 1 N–H and O–H groups in total. The van der Waals surface area contributed by atoms with Crippen molar-refractivity contribution in [1.82, 2.24) is 0 Å². The van der Waals surface area contributed by atoms with E-state index in [0.29, 0.717) is 5.38 Å². The average molecular weight is 135 g/mol. The first-order valence-corrected chi connectivity index (χ1v) is 3.55. The topological polar surface area (TPSA) is 20.2 Å². The molecule has 1 fully saturated rings. The summed E-state index contributed by atoms with van der Waals surface area (Å²) in [6, 6.07) is 0. The Morgan fingerprint density at radius 2 is 1.62 bits per heavy atom. The van der Waals surface area contributed by atoms with Crippen LogP contribution in [-0.4, -0.2) is 16.6 Å². The highest BCUT2D eigenvalue weighted by Crippen LogP contribution is 2.22. The molecule has 1 nitrogen and oxygen atoms in total. The van der Waals surface area contributed by atoms with E-state index in [0.717, 1.165) is 25.7 Å². The van der Waals surface area contributed by atoms with E-state index in [-0.39, 0.29) is 6.10 Å². The number of halogens is 1. The highest BCUT2D eigenvalue weighted by atomic mass is 35.5. The van der Waals surface area contributed by atoms with Gasteiger partial charge in [-0.25, -0.2) is 0 Å². The van der Waals surface area contributed by atoms with Gasteiger partial charge in [-0.2, -0.15) is 0 Å². The molecule has 0 aromatic carbocycles. The zero-order chi connectivity index (χ0) is 5.98. The van der Waals surface area contributed by atoms with Crippen LogP contribution in [0, 0.1) is 0 Å². The number of alkyl halides is 1. The van der Waals surface area contributed by atoms with E-state index in [1.54, 1.807) is 0 Å². The molecule has 0 aromatic rings. The third-order valence-electron chi connectivity index (χ3n) is 1.63. The predicted molar refractivity (Wildman–Crippen MR) is 34.1 cm³/mol. The summed E-state index contributed by atoms with van der Waals surface area (Å²) in [7, 11) is 0. The van der Waals surface area contributed by atoms with Gasteiger partial charge in [0.05, 0.1) is 6.10 Å². The van der Waals surface area contributed by atoms with Crippen molar-refractivity contribution in [3.63, 3.8) is 0 Å². The van der Waals surface area contributed by atoms with Crippen molar-refractivity contribution in [3.8, 4) is 0 Å². The quantitative estimate of drug-likeness (QED) is 0.499. The molecule has 2 heteroatoms. The van der Waals surface area contributed by atoms with Crippen LogP contribution < -0.4 is 0 Å². The molecule has 0 aliphatic heterocycles. The molecule has 8 heavy (non-hydrogen) atoms. The Morgan fingerprint density at radius 3 is 2.00 bits per heavy atom. The maximum Gasteiger partial charge on any atom is 0.0541 e. The Kier molecular flexibility index (Phi) is 2.15. The molecule has 0 amide bonds. The van der Waals surface area contributed by atoms with E-state index >= 15 is 0 Å². The molecule has 1 aliphatic carbocycles. The summed E-state index contributed by atoms with van der Waals surface area (Å²) >= 11 is 5.77. The molecular weight excluding hydrogens is 124 g/mol. The molecule has 1 aliphatic rings. The third kappa shape index (κ3) is 1.64. The largest absolute Gasteiger partial charge is 0.393 e. The molecule has 48 valence electrons. The number of rotatable bonds is 0. The van der Waals surface area contributed by atoms with E-state index in [9.17, 15) is 0 Å². The van der Waals surface area contributed by atoms with Crippen molar-refractivity contribution in [1.29, 1.82) is 0 Å². The first-order valence-electron chi connectivity index (χ1n) is 3.11. The van der Waals surface area contributed by atoms with Crippen LogP contribution in [0.15, 0.2) is 0 Å². The van der Waals surface area contributed by atoms with E-state index in [4.69, 9.17) is 16.7 Å².